The number of fused-ring (bicyclic) bond motifs is 1. The van der Waals surface area contributed by atoms with Gasteiger partial charge in [0.05, 0.1) is 28.2 Å². The summed E-state index contributed by atoms with van der Waals surface area (Å²) in [4.78, 5) is 19.8. The molecule has 0 bridgehead atoms. The van der Waals surface area contributed by atoms with Gasteiger partial charge in [-0.3, -0.25) is 14.5 Å². The van der Waals surface area contributed by atoms with E-state index in [2.05, 4.69) is 9.47 Å². The van der Waals surface area contributed by atoms with Crippen LogP contribution in [0.3, 0.4) is 0 Å². The van der Waals surface area contributed by atoms with Crippen LogP contribution in [-0.2, 0) is 32.5 Å². The van der Waals surface area contributed by atoms with Crippen molar-refractivity contribution < 1.29 is 17.9 Å². The number of halogens is 2. The first kappa shape index (κ1) is 38.8. The molecule has 0 radical (unpaired) electrons. The van der Waals surface area contributed by atoms with E-state index in [4.69, 9.17) is 20.9 Å². The van der Waals surface area contributed by atoms with Crippen molar-refractivity contribution in [3.8, 4) is 0 Å². The molecule has 1 fully saturated rings. The molecule has 10 nitrogen and oxygen atoms in total. The Morgan fingerprint density at radius 1 is 0.958 bits per heavy atom. The molecule has 260 valence electrons. The lowest BCUT2D eigenvalue weighted by Crippen LogP contribution is -2.36. The summed E-state index contributed by atoms with van der Waals surface area (Å²) >= 11 is 0. The predicted molar refractivity (Wildman–Crippen MR) is 196 cm³/mol. The number of sulfonamides is 1. The predicted octanol–water partition coefficient (Wildman–Crippen LogP) is 6.17. The number of imidazole rings is 1. The molecule has 0 saturated carbocycles. The maximum absolute atomic E-state index is 14.0. The van der Waals surface area contributed by atoms with Gasteiger partial charge in [-0.05, 0) is 88.1 Å². The summed E-state index contributed by atoms with van der Waals surface area (Å²) in [5, 5.41) is 7.70. The van der Waals surface area contributed by atoms with Gasteiger partial charge in [-0.15, -0.1) is 24.8 Å². The summed E-state index contributed by atoms with van der Waals surface area (Å²) < 4.78 is 36.8. The van der Waals surface area contributed by atoms with E-state index >= 15 is 0 Å². The van der Waals surface area contributed by atoms with Gasteiger partial charge in [0.25, 0.3) is 10.0 Å². The molecule has 5 rings (SSSR count). The second-order valence-electron chi connectivity index (χ2n) is 11.7. The molecule has 3 aromatic carbocycles. The Balaban J connectivity index is 0.00000312. The van der Waals surface area contributed by atoms with E-state index in [-0.39, 0.29) is 41.5 Å². The lowest BCUT2D eigenvalue weighted by Gasteiger charge is -2.29. The number of amidine groups is 1. The zero-order chi connectivity index (χ0) is 32.5. The van der Waals surface area contributed by atoms with E-state index in [0.29, 0.717) is 62.1 Å². The SMILES string of the molecule is CCOC(=O)CCCn1c(Cc2ccc(C(=N)N)cc2)nc2cc(N(CCCN3CCCCC3)S(=O)(=O)c3ccccc3)ccc21.Cl.Cl. The normalized spacial score (nSPS) is 13.4. The number of esters is 1. The molecular formula is C35H46Cl2N6O4S. The molecule has 1 aromatic heterocycles. The molecule has 1 saturated heterocycles. The number of aromatic nitrogens is 2. The largest absolute Gasteiger partial charge is 0.466 e. The van der Waals surface area contributed by atoms with E-state index in [0.717, 1.165) is 36.5 Å². The lowest BCUT2D eigenvalue weighted by molar-refractivity contribution is -0.143. The van der Waals surface area contributed by atoms with Crippen molar-refractivity contribution in [2.75, 3.05) is 37.1 Å². The van der Waals surface area contributed by atoms with Crippen molar-refractivity contribution in [3.63, 3.8) is 0 Å². The molecule has 4 aromatic rings. The topological polar surface area (TPSA) is 135 Å². The zero-order valence-corrected chi connectivity index (χ0v) is 29.8. The van der Waals surface area contributed by atoms with Crippen molar-refractivity contribution in [1.29, 1.82) is 5.41 Å². The average molecular weight is 718 g/mol. The fourth-order valence-electron chi connectivity index (χ4n) is 6.04. The van der Waals surface area contributed by atoms with Crippen LogP contribution in [0.2, 0.25) is 0 Å². The second kappa shape index (κ2) is 18.2. The minimum absolute atomic E-state index is 0. The molecule has 0 unspecified atom stereocenters. The fraction of sp³-hybridized carbons (Fsp3) is 0.400. The number of nitrogens with zero attached hydrogens (tertiary/aromatic N) is 4. The Labute approximate surface area is 296 Å². The number of nitrogens with two attached hydrogens (primary N) is 1. The maximum Gasteiger partial charge on any atom is 0.305 e. The summed E-state index contributed by atoms with van der Waals surface area (Å²) in [7, 11) is -3.82. The Bertz CT molecular complexity index is 1740. The quantitative estimate of drug-likeness (QED) is 0.0854. The first-order valence-corrected chi connectivity index (χ1v) is 17.6. The summed E-state index contributed by atoms with van der Waals surface area (Å²) in [5.41, 5.74) is 9.42. The zero-order valence-electron chi connectivity index (χ0n) is 27.3. The first-order valence-electron chi connectivity index (χ1n) is 16.1. The van der Waals surface area contributed by atoms with Crippen LogP contribution in [0.4, 0.5) is 5.69 Å². The third kappa shape index (κ3) is 9.72. The van der Waals surface area contributed by atoms with Gasteiger partial charge in [0.1, 0.15) is 11.7 Å². The number of piperidine rings is 1. The van der Waals surface area contributed by atoms with Crippen LogP contribution in [0.15, 0.2) is 77.7 Å². The van der Waals surface area contributed by atoms with E-state index < -0.39 is 10.0 Å². The standard InChI is InChI=1S/C35H44N6O4S.2ClH/c1-2-45-34(42)13-9-23-40-32-19-18-29(26-31(32)38-33(40)25-27-14-16-28(17-15-27)35(36)37)41(24-10-22-39-20-7-4-8-21-39)46(43,44)30-11-5-3-6-12-30;;/h3,5-6,11-12,14-19,26H,2,4,7-10,13,20-25H2,1H3,(H3,36,37);2*1H. The molecule has 2 heterocycles. The Kier molecular flexibility index (Phi) is 14.7. The van der Waals surface area contributed by atoms with Crippen molar-refractivity contribution in [2.24, 2.45) is 5.73 Å². The number of nitrogens with one attached hydrogen (secondary N) is 1. The summed E-state index contributed by atoms with van der Waals surface area (Å²) in [6.07, 6.45) is 5.73. The molecule has 0 aliphatic carbocycles. The molecule has 1 aliphatic rings. The van der Waals surface area contributed by atoms with Crippen molar-refractivity contribution in [2.45, 2.75) is 63.3 Å². The smallest absolute Gasteiger partial charge is 0.305 e. The number of likely N-dealkylation sites (tertiary alicyclic amines) is 1. The number of anilines is 1. The number of benzene rings is 3. The Hall–Kier alpha value is -3.64. The minimum atomic E-state index is -3.82. The number of nitrogen functional groups attached to an aromatic ring is 1. The maximum atomic E-state index is 14.0. The van der Waals surface area contributed by atoms with Crippen molar-refractivity contribution >= 4 is 63.4 Å². The fourth-order valence-corrected chi connectivity index (χ4v) is 7.55. The van der Waals surface area contributed by atoms with Crippen molar-refractivity contribution in [3.05, 3.63) is 89.7 Å². The summed E-state index contributed by atoms with van der Waals surface area (Å²) in [6, 6.07) is 21.7. The van der Waals surface area contributed by atoms with Crippen LogP contribution in [0.5, 0.6) is 0 Å². The number of aryl methyl sites for hydroxylation is 1. The highest BCUT2D eigenvalue weighted by Gasteiger charge is 2.26. The Morgan fingerprint density at radius 3 is 2.33 bits per heavy atom. The van der Waals surface area contributed by atoms with Gasteiger partial charge < -0.3 is 19.9 Å². The van der Waals surface area contributed by atoms with E-state index in [1.807, 2.05) is 48.5 Å². The number of hydrogen-bond acceptors (Lipinski definition) is 7. The lowest BCUT2D eigenvalue weighted by atomic mass is 10.1. The molecule has 3 N–H and O–H groups in total. The molecule has 0 amide bonds. The van der Waals surface area contributed by atoms with Gasteiger partial charge in [-0.2, -0.15) is 0 Å². The number of rotatable bonds is 15. The van der Waals surface area contributed by atoms with Crippen LogP contribution in [-0.4, -0.2) is 67.5 Å². The highest BCUT2D eigenvalue weighted by atomic mass is 35.5. The highest BCUT2D eigenvalue weighted by Crippen LogP contribution is 2.29. The molecule has 1 aliphatic heterocycles. The van der Waals surface area contributed by atoms with Crippen LogP contribution in [0.1, 0.15) is 62.4 Å². The van der Waals surface area contributed by atoms with Gasteiger partial charge in [0.15, 0.2) is 0 Å². The van der Waals surface area contributed by atoms with Gasteiger partial charge in [0, 0.05) is 31.5 Å². The molecule has 0 spiro atoms. The molecule has 13 heteroatoms. The van der Waals surface area contributed by atoms with E-state index in [1.165, 1.54) is 23.6 Å². The van der Waals surface area contributed by atoms with Crippen molar-refractivity contribution in [1.82, 2.24) is 14.5 Å². The van der Waals surface area contributed by atoms with Crippen LogP contribution in [0, 0.1) is 5.41 Å². The molecule has 0 atom stereocenters. The third-order valence-electron chi connectivity index (χ3n) is 8.41. The average Bonchev–Trinajstić information content (AvgIpc) is 3.40. The summed E-state index contributed by atoms with van der Waals surface area (Å²) in [6.45, 7) is 6.02. The van der Waals surface area contributed by atoms with Crippen LogP contribution >= 0.6 is 24.8 Å². The van der Waals surface area contributed by atoms with Crippen LogP contribution in [0.25, 0.3) is 11.0 Å². The number of carbonyl (C=O) groups is 1. The van der Waals surface area contributed by atoms with Gasteiger partial charge >= 0.3 is 5.97 Å². The number of hydrogen-bond donors (Lipinski definition) is 2. The monoisotopic (exact) mass is 716 g/mol. The first-order chi connectivity index (χ1) is 22.3. The number of ether oxygens (including phenoxy) is 1. The summed E-state index contributed by atoms with van der Waals surface area (Å²) in [5.74, 6) is 0.576. The third-order valence-corrected chi connectivity index (χ3v) is 10.3. The van der Waals surface area contributed by atoms with Gasteiger partial charge in [0.2, 0.25) is 0 Å². The second-order valence-corrected chi connectivity index (χ2v) is 13.6. The molecule has 48 heavy (non-hydrogen) atoms. The van der Waals surface area contributed by atoms with Crippen LogP contribution < -0.4 is 10.0 Å². The highest BCUT2D eigenvalue weighted by molar-refractivity contribution is 7.92. The molecular weight excluding hydrogens is 671 g/mol. The van der Waals surface area contributed by atoms with Gasteiger partial charge in [-0.1, -0.05) is 48.9 Å². The van der Waals surface area contributed by atoms with E-state index in [9.17, 15) is 13.2 Å². The number of carbonyl (C=O) groups excluding carboxylic acids is 1. The Morgan fingerprint density at radius 2 is 1.67 bits per heavy atom. The minimum Gasteiger partial charge on any atom is -0.466 e. The van der Waals surface area contributed by atoms with E-state index in [1.54, 1.807) is 31.2 Å². The van der Waals surface area contributed by atoms with Gasteiger partial charge in [-0.25, -0.2) is 13.4 Å².